The molecule has 0 amide bonds. The molecule has 0 unspecified atom stereocenters. The van der Waals surface area contributed by atoms with Gasteiger partial charge in [-0.3, -0.25) is 0 Å². The first-order valence-electron chi connectivity index (χ1n) is 6.20. The molecule has 0 aliphatic rings. The van der Waals surface area contributed by atoms with E-state index in [1.165, 1.54) is 0 Å². The van der Waals surface area contributed by atoms with Gasteiger partial charge in [-0.2, -0.15) is 18.2 Å². The Bertz CT molecular complexity index is 436. The largest absolute Gasteiger partial charge is 0.411 e. The highest BCUT2D eigenvalue weighted by molar-refractivity contribution is 5.10. The monoisotopic (exact) mass is 295 g/mol. The molecule has 0 saturated heterocycles. The van der Waals surface area contributed by atoms with Crippen molar-refractivity contribution in [3.63, 3.8) is 0 Å². The van der Waals surface area contributed by atoms with Gasteiger partial charge in [0.1, 0.15) is 6.61 Å². The summed E-state index contributed by atoms with van der Waals surface area (Å²) in [6, 6.07) is 0. The molecule has 1 heterocycles. The van der Waals surface area contributed by atoms with Crippen LogP contribution in [0, 0.1) is 0 Å². The maximum atomic E-state index is 11.9. The van der Waals surface area contributed by atoms with Crippen LogP contribution in [0.4, 0.5) is 13.2 Å². The summed E-state index contributed by atoms with van der Waals surface area (Å²) in [6.07, 6.45) is -4.17. The van der Waals surface area contributed by atoms with Crippen LogP contribution in [0.3, 0.4) is 0 Å². The molecule has 0 fully saturated rings. The zero-order valence-electron chi connectivity index (χ0n) is 12.0. The van der Waals surface area contributed by atoms with Crippen LogP contribution in [0.1, 0.15) is 39.4 Å². The van der Waals surface area contributed by atoms with Crippen LogP contribution >= 0.6 is 0 Å². The highest BCUT2D eigenvalue weighted by atomic mass is 19.4. The van der Waals surface area contributed by atoms with Crippen LogP contribution in [0.25, 0.3) is 0 Å². The predicted octanol–water partition coefficient (Wildman–Crippen LogP) is 2.21. The molecular weight excluding hydrogens is 275 g/mol. The van der Waals surface area contributed by atoms with Gasteiger partial charge in [0.15, 0.2) is 5.82 Å². The molecular formula is C12H20F3N3O2. The van der Waals surface area contributed by atoms with Crippen molar-refractivity contribution in [1.29, 1.82) is 0 Å². The summed E-state index contributed by atoms with van der Waals surface area (Å²) in [5.74, 6) is 0.662. The van der Waals surface area contributed by atoms with E-state index in [1.54, 1.807) is 0 Å². The van der Waals surface area contributed by atoms with E-state index in [0.717, 1.165) is 0 Å². The number of hydrogen-bond acceptors (Lipinski definition) is 5. The molecule has 1 aromatic heterocycles. The van der Waals surface area contributed by atoms with Crippen molar-refractivity contribution < 1.29 is 22.4 Å². The number of alkyl halides is 3. The smallest absolute Gasteiger partial charge is 0.372 e. The van der Waals surface area contributed by atoms with E-state index in [0.29, 0.717) is 11.7 Å². The second-order valence-electron chi connectivity index (χ2n) is 5.78. The number of hydrogen-bond donors (Lipinski definition) is 1. The van der Waals surface area contributed by atoms with E-state index in [-0.39, 0.29) is 13.0 Å². The summed E-state index contributed by atoms with van der Waals surface area (Å²) in [7, 11) is 0. The summed E-state index contributed by atoms with van der Waals surface area (Å²) in [5, 5.41) is 3.73. The van der Waals surface area contributed by atoms with Gasteiger partial charge in [0, 0.05) is 12.0 Å². The van der Waals surface area contributed by atoms with Gasteiger partial charge in [-0.05, 0) is 27.7 Å². The van der Waals surface area contributed by atoms with Crippen molar-refractivity contribution in [3.05, 3.63) is 11.7 Å². The Morgan fingerprint density at radius 1 is 1.20 bits per heavy atom. The maximum absolute atomic E-state index is 11.9. The topological polar surface area (TPSA) is 74.2 Å². The third-order valence-electron chi connectivity index (χ3n) is 3.35. The van der Waals surface area contributed by atoms with Crippen molar-refractivity contribution in [2.75, 3.05) is 13.2 Å². The molecule has 2 N–H and O–H groups in total. The lowest BCUT2D eigenvalue weighted by Crippen LogP contribution is -2.50. The zero-order chi connectivity index (χ0) is 15.6. The highest BCUT2D eigenvalue weighted by Crippen LogP contribution is 2.31. The molecule has 0 aliphatic carbocycles. The van der Waals surface area contributed by atoms with Crippen molar-refractivity contribution in [1.82, 2.24) is 10.1 Å². The van der Waals surface area contributed by atoms with Crippen molar-refractivity contribution >= 4 is 0 Å². The Kier molecular flexibility index (Phi) is 4.81. The van der Waals surface area contributed by atoms with Gasteiger partial charge in [-0.15, -0.1) is 0 Å². The van der Waals surface area contributed by atoms with Gasteiger partial charge in [-0.25, -0.2) is 0 Å². The van der Waals surface area contributed by atoms with E-state index >= 15 is 0 Å². The summed E-state index contributed by atoms with van der Waals surface area (Å²) < 4.78 is 45.3. The zero-order valence-corrected chi connectivity index (χ0v) is 12.0. The van der Waals surface area contributed by atoms with Gasteiger partial charge in [0.2, 0.25) is 5.89 Å². The number of ether oxygens (including phenoxy) is 1. The lowest BCUT2D eigenvalue weighted by atomic mass is 9.75. The second-order valence-corrected chi connectivity index (χ2v) is 5.78. The summed E-state index contributed by atoms with van der Waals surface area (Å²) in [6.45, 7) is 6.01. The number of nitrogens with zero attached hydrogens (tertiary/aromatic N) is 2. The molecule has 0 saturated carbocycles. The van der Waals surface area contributed by atoms with Crippen LogP contribution in [0.5, 0.6) is 0 Å². The average Bonchev–Trinajstić information content (AvgIpc) is 2.70. The van der Waals surface area contributed by atoms with Crippen LogP contribution in [-0.4, -0.2) is 35.1 Å². The van der Waals surface area contributed by atoms with Gasteiger partial charge in [0.25, 0.3) is 0 Å². The molecule has 0 spiro atoms. The van der Waals surface area contributed by atoms with Crippen LogP contribution in [-0.2, 0) is 16.6 Å². The molecule has 0 radical (unpaired) electrons. The van der Waals surface area contributed by atoms with Crippen molar-refractivity contribution in [2.45, 2.75) is 51.2 Å². The normalized spacial score (nSPS) is 13.8. The first-order valence-corrected chi connectivity index (χ1v) is 6.20. The maximum Gasteiger partial charge on any atom is 0.411 e. The number of rotatable bonds is 6. The standard InChI is InChI=1S/C12H20F3N3O2/c1-10(2,11(3,4)16)9-17-8(18-20-9)5-6-19-7-12(13,14)15/h5-7,16H2,1-4H3. The fraction of sp³-hybridized carbons (Fsp3) is 0.833. The van der Waals surface area contributed by atoms with Crippen LogP contribution in [0.15, 0.2) is 4.52 Å². The molecule has 0 bridgehead atoms. The van der Waals surface area contributed by atoms with Crippen LogP contribution in [0.2, 0.25) is 0 Å². The third kappa shape index (κ3) is 4.45. The van der Waals surface area contributed by atoms with Crippen molar-refractivity contribution in [2.24, 2.45) is 5.73 Å². The fourth-order valence-corrected chi connectivity index (χ4v) is 1.24. The Labute approximate surface area is 115 Å². The second kappa shape index (κ2) is 5.69. The summed E-state index contributed by atoms with van der Waals surface area (Å²) in [4.78, 5) is 4.16. The Morgan fingerprint density at radius 3 is 2.30 bits per heavy atom. The minimum Gasteiger partial charge on any atom is -0.372 e. The first-order chi connectivity index (χ1) is 8.93. The fourth-order valence-electron chi connectivity index (χ4n) is 1.24. The SMILES string of the molecule is CC(C)(N)C(C)(C)c1nc(CCOCC(F)(F)F)no1. The minimum atomic E-state index is -4.33. The van der Waals surface area contributed by atoms with Gasteiger partial charge < -0.3 is 15.0 Å². The van der Waals surface area contributed by atoms with E-state index in [2.05, 4.69) is 14.9 Å². The molecule has 1 rings (SSSR count). The van der Waals surface area contributed by atoms with E-state index in [1.807, 2.05) is 27.7 Å². The molecule has 0 atom stereocenters. The van der Waals surface area contributed by atoms with Crippen molar-refractivity contribution in [3.8, 4) is 0 Å². The third-order valence-corrected chi connectivity index (χ3v) is 3.35. The number of aromatic nitrogens is 2. The van der Waals surface area contributed by atoms with E-state index in [4.69, 9.17) is 10.3 Å². The molecule has 8 heteroatoms. The average molecular weight is 295 g/mol. The Morgan fingerprint density at radius 2 is 1.80 bits per heavy atom. The Balaban J connectivity index is 2.56. The first kappa shape index (κ1) is 16.9. The summed E-state index contributed by atoms with van der Waals surface area (Å²) in [5.41, 5.74) is 4.92. The molecule has 1 aromatic rings. The van der Waals surface area contributed by atoms with Gasteiger partial charge in [0.05, 0.1) is 12.0 Å². The van der Waals surface area contributed by atoms with Gasteiger partial charge >= 0.3 is 6.18 Å². The van der Waals surface area contributed by atoms with Gasteiger partial charge in [-0.1, -0.05) is 5.16 Å². The summed E-state index contributed by atoms with van der Waals surface area (Å²) >= 11 is 0. The molecule has 0 aromatic carbocycles. The highest BCUT2D eigenvalue weighted by Gasteiger charge is 2.40. The molecule has 20 heavy (non-hydrogen) atoms. The van der Waals surface area contributed by atoms with E-state index in [9.17, 15) is 13.2 Å². The number of halogens is 3. The minimum absolute atomic E-state index is 0.120. The molecule has 116 valence electrons. The Hall–Kier alpha value is -1.15. The quantitative estimate of drug-likeness (QED) is 0.814. The lowest BCUT2D eigenvalue weighted by molar-refractivity contribution is -0.173. The predicted molar refractivity (Wildman–Crippen MR) is 66.2 cm³/mol. The lowest BCUT2D eigenvalue weighted by Gasteiger charge is -2.34. The number of nitrogens with two attached hydrogens (primary N) is 1. The van der Waals surface area contributed by atoms with Crippen LogP contribution < -0.4 is 5.73 Å². The molecule has 5 nitrogen and oxygen atoms in total. The molecule has 0 aliphatic heterocycles. The van der Waals surface area contributed by atoms with E-state index < -0.39 is 23.7 Å².